The van der Waals surface area contributed by atoms with E-state index in [-0.39, 0.29) is 11.4 Å². The van der Waals surface area contributed by atoms with E-state index in [9.17, 15) is 4.21 Å². The van der Waals surface area contributed by atoms with Crippen LogP contribution in [0.3, 0.4) is 0 Å². The van der Waals surface area contributed by atoms with Crippen molar-refractivity contribution < 1.29 is 8.95 Å². The van der Waals surface area contributed by atoms with Crippen molar-refractivity contribution in [1.29, 1.82) is 0 Å². The molecule has 2 aromatic heterocycles. The quantitative estimate of drug-likeness (QED) is 0.181. The molecule has 1 aliphatic rings. The maximum atomic E-state index is 13.0. The number of fused-ring (bicyclic) bond motifs is 1. The largest absolute Gasteiger partial charge is 0.489 e. The number of para-hydroxylation sites is 1. The molecule has 10 heteroatoms. The van der Waals surface area contributed by atoms with Crippen molar-refractivity contribution in [2.24, 2.45) is 0 Å². The maximum absolute atomic E-state index is 13.0. The Morgan fingerprint density at radius 1 is 1.00 bits per heavy atom. The van der Waals surface area contributed by atoms with Gasteiger partial charge in [-0.05, 0) is 102 Å². The minimum Gasteiger partial charge on any atom is -0.489 e. The molecule has 0 bridgehead atoms. The molecule has 0 spiro atoms. The van der Waals surface area contributed by atoms with E-state index in [0.717, 1.165) is 22.0 Å². The van der Waals surface area contributed by atoms with E-state index in [4.69, 9.17) is 9.72 Å². The minimum absolute atomic E-state index is 0.0101. The fourth-order valence-corrected chi connectivity index (χ4v) is 6.78. The van der Waals surface area contributed by atoms with Crippen LogP contribution in [-0.4, -0.2) is 60.5 Å². The number of rotatable bonds is 10. The second-order valence-corrected chi connectivity index (χ2v) is 13.9. The summed E-state index contributed by atoms with van der Waals surface area (Å²) in [5, 5.41) is 6.80. The number of aromatic nitrogens is 4. The first-order chi connectivity index (χ1) is 20.1. The Hall–Kier alpha value is -3.50. The number of anilines is 4. The zero-order valence-corrected chi connectivity index (χ0v) is 26.5. The summed E-state index contributed by atoms with van der Waals surface area (Å²) in [5.74, 6) is 2.25. The molecule has 0 aliphatic heterocycles. The van der Waals surface area contributed by atoms with Crippen LogP contribution in [0.15, 0.2) is 47.6 Å². The fourth-order valence-electron chi connectivity index (χ4n) is 5.72. The average Bonchev–Trinajstić information content (AvgIpc) is 3.43. The van der Waals surface area contributed by atoms with Gasteiger partial charge in [-0.25, -0.2) is 4.98 Å². The number of aromatic amines is 1. The fraction of sp³-hybridized carbons (Fsp3) is 0.469. The monoisotopic (exact) mass is 589 g/mol. The summed E-state index contributed by atoms with van der Waals surface area (Å²) in [6.07, 6.45) is 6.38. The van der Waals surface area contributed by atoms with Crippen LogP contribution in [0.4, 0.5) is 23.1 Å². The zero-order chi connectivity index (χ0) is 30.0. The molecular weight excluding hydrogens is 546 g/mol. The molecule has 5 rings (SSSR count). The molecule has 0 radical (unpaired) electrons. The molecule has 0 amide bonds. The molecule has 1 aliphatic carbocycles. The van der Waals surface area contributed by atoms with Gasteiger partial charge in [0.15, 0.2) is 11.5 Å². The zero-order valence-electron chi connectivity index (χ0n) is 25.7. The van der Waals surface area contributed by atoms with Crippen LogP contribution in [0.25, 0.3) is 11.2 Å². The lowest BCUT2D eigenvalue weighted by atomic mass is 9.80. The maximum Gasteiger partial charge on any atom is 0.231 e. The number of nitrogens with zero attached hydrogens (tertiary/aromatic N) is 4. The lowest BCUT2D eigenvalue weighted by molar-refractivity contribution is 0.215. The molecule has 42 heavy (non-hydrogen) atoms. The van der Waals surface area contributed by atoms with Crippen molar-refractivity contribution >= 4 is 45.1 Å². The highest BCUT2D eigenvalue weighted by atomic mass is 32.2. The van der Waals surface area contributed by atoms with Crippen molar-refractivity contribution in [3.05, 3.63) is 53.9 Å². The molecule has 9 nitrogen and oxygen atoms in total. The molecule has 4 aromatic rings. The molecule has 2 heterocycles. The first-order valence-electron chi connectivity index (χ1n) is 14.8. The van der Waals surface area contributed by atoms with Crippen molar-refractivity contribution in [1.82, 2.24) is 24.8 Å². The molecule has 1 unspecified atom stereocenters. The number of hydrogen-bond donors (Lipinski definition) is 3. The van der Waals surface area contributed by atoms with Gasteiger partial charge in [0, 0.05) is 11.3 Å². The first kappa shape index (κ1) is 30.0. The summed E-state index contributed by atoms with van der Waals surface area (Å²) in [6, 6.07) is 12.6. The van der Waals surface area contributed by atoms with Crippen LogP contribution < -0.4 is 15.4 Å². The third-order valence-electron chi connectivity index (χ3n) is 7.91. The van der Waals surface area contributed by atoms with Gasteiger partial charge in [-0.3, -0.25) is 4.21 Å². The molecule has 2 aromatic carbocycles. The van der Waals surface area contributed by atoms with Gasteiger partial charge in [0.2, 0.25) is 5.95 Å². The standard InChI is InChI=1S/C32H43N7O2S/c1-19(2)41-27-17-24(22-12-14-23(15-13-22)39(6)7)21(5)16-26(27)36-32-37-30-29(33-18-34-30)31(38-32)35-25-10-8-9-11-28(25)42(40)20(3)4/h8-11,16-20,22-23H,12-15H2,1-7H3,(H3,33,34,35,36,37,38). The second kappa shape index (κ2) is 12.8. The number of hydrogen-bond acceptors (Lipinski definition) is 8. The Kier molecular flexibility index (Phi) is 9.13. The number of aryl methyl sites for hydroxylation is 1. The molecular formula is C32H43N7O2S. The van der Waals surface area contributed by atoms with Gasteiger partial charge in [0.05, 0.1) is 39.5 Å². The third kappa shape index (κ3) is 6.60. The number of ether oxygens (including phenoxy) is 1. The predicted molar refractivity (Wildman–Crippen MR) is 172 cm³/mol. The van der Waals surface area contributed by atoms with E-state index in [2.05, 4.69) is 63.6 Å². The van der Waals surface area contributed by atoms with Crippen LogP contribution in [0, 0.1) is 6.92 Å². The van der Waals surface area contributed by atoms with Gasteiger partial charge in [-0.15, -0.1) is 0 Å². The van der Waals surface area contributed by atoms with E-state index in [1.54, 1.807) is 6.33 Å². The van der Waals surface area contributed by atoms with E-state index in [1.165, 1.54) is 36.8 Å². The van der Waals surface area contributed by atoms with Gasteiger partial charge in [0.1, 0.15) is 11.3 Å². The van der Waals surface area contributed by atoms with Crippen LogP contribution >= 0.6 is 0 Å². The van der Waals surface area contributed by atoms with Gasteiger partial charge in [-0.2, -0.15) is 9.97 Å². The van der Waals surface area contributed by atoms with E-state index in [0.29, 0.717) is 34.9 Å². The van der Waals surface area contributed by atoms with E-state index < -0.39 is 10.8 Å². The van der Waals surface area contributed by atoms with E-state index >= 15 is 0 Å². The van der Waals surface area contributed by atoms with Crippen LogP contribution in [-0.2, 0) is 10.8 Å². The number of nitrogens with one attached hydrogen (secondary N) is 3. The van der Waals surface area contributed by atoms with Gasteiger partial charge in [0.25, 0.3) is 0 Å². The number of imidazole rings is 1. The number of H-pyrrole nitrogens is 1. The average molecular weight is 590 g/mol. The van der Waals surface area contributed by atoms with Crippen molar-refractivity contribution in [2.75, 3.05) is 24.7 Å². The Balaban J connectivity index is 1.47. The molecule has 1 saturated carbocycles. The molecule has 3 N–H and O–H groups in total. The normalized spacial score (nSPS) is 18.1. The summed E-state index contributed by atoms with van der Waals surface area (Å²) >= 11 is 0. The summed E-state index contributed by atoms with van der Waals surface area (Å²) in [5.41, 5.74) is 5.33. The highest BCUT2D eigenvalue weighted by Crippen LogP contribution is 2.40. The van der Waals surface area contributed by atoms with Crippen molar-refractivity contribution in [2.45, 2.75) is 88.5 Å². The van der Waals surface area contributed by atoms with Gasteiger partial charge < -0.3 is 25.3 Å². The topological polar surface area (TPSA) is 108 Å². The lowest BCUT2D eigenvalue weighted by Crippen LogP contribution is -2.31. The van der Waals surface area contributed by atoms with Gasteiger partial charge >= 0.3 is 0 Å². The van der Waals surface area contributed by atoms with Crippen molar-refractivity contribution in [3.8, 4) is 5.75 Å². The summed E-state index contributed by atoms with van der Waals surface area (Å²) in [4.78, 5) is 20.1. The predicted octanol–water partition coefficient (Wildman–Crippen LogP) is 7.04. The summed E-state index contributed by atoms with van der Waals surface area (Å²) < 4.78 is 19.3. The third-order valence-corrected chi connectivity index (χ3v) is 9.56. The first-order valence-corrected chi connectivity index (χ1v) is 16.0. The highest BCUT2D eigenvalue weighted by Gasteiger charge is 2.26. The lowest BCUT2D eigenvalue weighted by Gasteiger charge is -2.33. The highest BCUT2D eigenvalue weighted by molar-refractivity contribution is 7.85. The van der Waals surface area contributed by atoms with Crippen LogP contribution in [0.1, 0.15) is 70.4 Å². The Morgan fingerprint density at radius 2 is 1.74 bits per heavy atom. The smallest absolute Gasteiger partial charge is 0.231 e. The molecule has 1 atom stereocenters. The van der Waals surface area contributed by atoms with Gasteiger partial charge in [-0.1, -0.05) is 26.0 Å². The Bertz CT molecular complexity index is 1560. The van der Waals surface area contributed by atoms with E-state index in [1.807, 2.05) is 52.0 Å². The minimum atomic E-state index is -1.17. The number of benzene rings is 2. The second-order valence-electron chi connectivity index (χ2n) is 11.9. The Morgan fingerprint density at radius 3 is 2.43 bits per heavy atom. The summed E-state index contributed by atoms with van der Waals surface area (Å²) in [6.45, 7) is 10.2. The SMILES string of the molecule is Cc1cc(Nc2nc(Nc3ccccc3S(=O)C(C)C)c3[nH]cnc3n2)c(OC(C)C)cc1C1CCC(N(C)C)CC1. The Labute approximate surface area is 251 Å². The molecule has 1 fully saturated rings. The van der Waals surface area contributed by atoms with Crippen LogP contribution in [0.5, 0.6) is 5.75 Å². The molecule has 224 valence electrons. The van der Waals surface area contributed by atoms with Crippen LogP contribution in [0.2, 0.25) is 0 Å². The summed E-state index contributed by atoms with van der Waals surface area (Å²) in [7, 11) is 3.19. The van der Waals surface area contributed by atoms with Crippen molar-refractivity contribution in [3.63, 3.8) is 0 Å². The molecule has 0 saturated heterocycles.